The summed E-state index contributed by atoms with van der Waals surface area (Å²) in [7, 11) is 1.98. The molecule has 1 aromatic heterocycles. The van der Waals surface area contributed by atoms with E-state index in [1.807, 2.05) is 24.6 Å². The van der Waals surface area contributed by atoms with Gasteiger partial charge in [0, 0.05) is 13.6 Å². The van der Waals surface area contributed by atoms with Gasteiger partial charge in [0.15, 0.2) is 11.8 Å². The van der Waals surface area contributed by atoms with Crippen LogP contribution in [0.3, 0.4) is 0 Å². The van der Waals surface area contributed by atoms with Gasteiger partial charge in [-0.2, -0.15) is 0 Å². The summed E-state index contributed by atoms with van der Waals surface area (Å²) in [5.41, 5.74) is 2.81. The quantitative estimate of drug-likeness (QED) is 0.252. The first kappa shape index (κ1) is 23.4. The second-order valence-electron chi connectivity index (χ2n) is 7.45. The lowest BCUT2D eigenvalue weighted by Crippen LogP contribution is -2.39. The number of aliphatic imine (C=N–C) groups is 1. The predicted molar refractivity (Wildman–Crippen MR) is 129 cm³/mol. The van der Waals surface area contributed by atoms with E-state index in [2.05, 4.69) is 58.1 Å². The summed E-state index contributed by atoms with van der Waals surface area (Å²) < 4.78 is 1.98. The number of aromatic nitrogens is 3. The van der Waals surface area contributed by atoms with Crippen molar-refractivity contribution < 1.29 is 0 Å². The normalized spacial score (nSPS) is 15.3. The van der Waals surface area contributed by atoms with Gasteiger partial charge in [-0.25, -0.2) is 4.99 Å². The van der Waals surface area contributed by atoms with Crippen LogP contribution in [0, 0.1) is 6.92 Å². The number of rotatable bonds is 7. The highest BCUT2D eigenvalue weighted by Gasteiger charge is 2.10. The van der Waals surface area contributed by atoms with Crippen molar-refractivity contribution in [3.8, 4) is 0 Å². The summed E-state index contributed by atoms with van der Waals surface area (Å²) in [5, 5.41) is 15.4. The maximum absolute atomic E-state index is 4.77. The van der Waals surface area contributed by atoms with Gasteiger partial charge in [0.1, 0.15) is 12.4 Å². The molecule has 1 atom stereocenters. The van der Waals surface area contributed by atoms with Crippen molar-refractivity contribution in [2.75, 3.05) is 6.54 Å². The Hall–Kier alpha value is -1.90. The monoisotopic (exact) mass is 508 g/mol. The summed E-state index contributed by atoms with van der Waals surface area (Å²) in [6.45, 7) is 5.49. The fraction of sp³-hybridized carbons (Fsp3) is 0.500. The molecule has 1 aliphatic carbocycles. The molecule has 0 radical (unpaired) electrons. The molecule has 0 fully saturated rings. The molecule has 6 nitrogen and oxygen atoms in total. The van der Waals surface area contributed by atoms with Gasteiger partial charge in [0.05, 0.1) is 6.04 Å². The number of benzene rings is 1. The van der Waals surface area contributed by atoms with Crippen molar-refractivity contribution in [2.45, 2.75) is 58.5 Å². The highest BCUT2D eigenvalue weighted by Crippen LogP contribution is 2.19. The van der Waals surface area contributed by atoms with Crippen LogP contribution < -0.4 is 10.6 Å². The van der Waals surface area contributed by atoms with E-state index in [9.17, 15) is 0 Å². The number of halogens is 1. The lowest BCUT2D eigenvalue weighted by molar-refractivity contribution is 0.651. The molecular weight excluding hydrogens is 475 g/mol. The van der Waals surface area contributed by atoms with Crippen LogP contribution in [-0.4, -0.2) is 27.3 Å². The molecule has 29 heavy (non-hydrogen) atoms. The molecule has 0 spiro atoms. The Morgan fingerprint density at radius 2 is 2.00 bits per heavy atom. The molecule has 158 valence electrons. The van der Waals surface area contributed by atoms with Crippen molar-refractivity contribution in [3.05, 3.63) is 59.2 Å². The molecule has 2 aromatic rings. The van der Waals surface area contributed by atoms with Crippen LogP contribution in [0.1, 0.15) is 62.3 Å². The summed E-state index contributed by atoms with van der Waals surface area (Å²) >= 11 is 0. The maximum Gasteiger partial charge on any atom is 0.192 e. The minimum Gasteiger partial charge on any atom is -0.356 e. The summed E-state index contributed by atoms with van der Waals surface area (Å²) in [6, 6.07) is 10.6. The molecule has 1 aliphatic rings. The van der Waals surface area contributed by atoms with E-state index >= 15 is 0 Å². The van der Waals surface area contributed by atoms with Crippen molar-refractivity contribution >= 4 is 29.9 Å². The second-order valence-corrected chi connectivity index (χ2v) is 7.45. The fourth-order valence-electron chi connectivity index (χ4n) is 3.39. The van der Waals surface area contributed by atoms with E-state index in [4.69, 9.17) is 4.99 Å². The van der Waals surface area contributed by atoms with E-state index < -0.39 is 0 Å². The van der Waals surface area contributed by atoms with Crippen molar-refractivity contribution in [1.82, 2.24) is 25.4 Å². The first-order valence-electron chi connectivity index (χ1n) is 10.3. The summed E-state index contributed by atoms with van der Waals surface area (Å²) in [4.78, 5) is 4.77. The Kier molecular flexibility index (Phi) is 9.63. The van der Waals surface area contributed by atoms with E-state index in [0.717, 1.165) is 30.6 Å². The highest BCUT2D eigenvalue weighted by molar-refractivity contribution is 14.0. The molecule has 1 heterocycles. The van der Waals surface area contributed by atoms with Crippen molar-refractivity contribution in [3.63, 3.8) is 0 Å². The zero-order valence-electron chi connectivity index (χ0n) is 17.7. The zero-order chi connectivity index (χ0) is 19.8. The first-order chi connectivity index (χ1) is 13.6. The van der Waals surface area contributed by atoms with Gasteiger partial charge in [0.25, 0.3) is 0 Å². The molecule has 2 N–H and O–H groups in total. The number of allylic oxidation sites excluding steroid dienone is 1. The van der Waals surface area contributed by atoms with E-state index in [-0.39, 0.29) is 30.0 Å². The fourth-order valence-corrected chi connectivity index (χ4v) is 3.39. The highest BCUT2D eigenvalue weighted by atomic mass is 127. The predicted octanol–water partition coefficient (Wildman–Crippen LogP) is 4.43. The number of hydrogen-bond acceptors (Lipinski definition) is 3. The summed E-state index contributed by atoms with van der Waals surface area (Å²) in [6.07, 6.45) is 8.59. The van der Waals surface area contributed by atoms with Crippen LogP contribution in [0.4, 0.5) is 0 Å². The molecule has 0 saturated carbocycles. The van der Waals surface area contributed by atoms with E-state index in [1.54, 1.807) is 5.57 Å². The molecule has 0 saturated heterocycles. The van der Waals surface area contributed by atoms with Gasteiger partial charge in [-0.05, 0) is 51.5 Å². The Balaban J connectivity index is 0.00000300. The van der Waals surface area contributed by atoms with Gasteiger partial charge in [0.2, 0.25) is 0 Å². The third kappa shape index (κ3) is 7.13. The molecular formula is C22H33IN6. The average molecular weight is 508 g/mol. The van der Waals surface area contributed by atoms with Gasteiger partial charge < -0.3 is 15.2 Å². The minimum atomic E-state index is 0. The van der Waals surface area contributed by atoms with Crippen LogP contribution in [-0.2, 0) is 13.6 Å². The van der Waals surface area contributed by atoms with Gasteiger partial charge in [-0.1, -0.05) is 42.0 Å². The van der Waals surface area contributed by atoms with Crippen molar-refractivity contribution in [2.24, 2.45) is 12.0 Å². The Bertz CT molecular complexity index is 812. The van der Waals surface area contributed by atoms with Crippen molar-refractivity contribution in [1.29, 1.82) is 0 Å². The molecule has 1 aromatic carbocycles. The van der Waals surface area contributed by atoms with E-state index in [1.165, 1.54) is 31.2 Å². The Labute approximate surface area is 191 Å². The number of nitrogens with one attached hydrogen (secondary N) is 2. The number of hydrogen-bond donors (Lipinski definition) is 2. The third-order valence-corrected chi connectivity index (χ3v) is 5.34. The number of nitrogens with zero attached hydrogens (tertiary/aromatic N) is 4. The molecule has 0 aliphatic heterocycles. The van der Waals surface area contributed by atoms with Crippen LogP contribution in [0.2, 0.25) is 0 Å². The number of guanidine groups is 1. The van der Waals surface area contributed by atoms with Gasteiger partial charge in [-0.15, -0.1) is 34.2 Å². The maximum atomic E-state index is 4.77. The number of aryl methyl sites for hydroxylation is 1. The lowest BCUT2D eigenvalue weighted by Gasteiger charge is -2.19. The third-order valence-electron chi connectivity index (χ3n) is 5.34. The topological polar surface area (TPSA) is 67.1 Å². The first-order valence-corrected chi connectivity index (χ1v) is 10.3. The van der Waals surface area contributed by atoms with Crippen LogP contribution in [0.25, 0.3) is 0 Å². The second kappa shape index (κ2) is 11.9. The van der Waals surface area contributed by atoms with Crippen LogP contribution in [0.15, 0.2) is 47.0 Å². The largest absolute Gasteiger partial charge is 0.356 e. The Morgan fingerprint density at radius 1 is 1.21 bits per heavy atom. The average Bonchev–Trinajstić information content (AvgIpc) is 3.05. The molecule has 1 unspecified atom stereocenters. The van der Waals surface area contributed by atoms with Crippen LogP contribution >= 0.6 is 24.0 Å². The lowest BCUT2D eigenvalue weighted by atomic mass is 9.97. The Morgan fingerprint density at radius 3 is 2.66 bits per heavy atom. The SMILES string of the molecule is Cc1nnc(CN=C(NCCC2=CCCCC2)NC(C)c2ccccc2)n1C.I. The zero-order valence-corrected chi connectivity index (χ0v) is 20.0. The standard InChI is InChI=1S/C22H32N6.HI/c1-17(20-12-8-5-9-13-20)25-22(23-15-14-19-10-6-4-7-11-19)24-16-21-27-26-18(2)28(21)3;/h5,8-10,12-13,17H,4,6-7,11,14-16H2,1-3H3,(H2,23,24,25);1H. The molecule has 0 bridgehead atoms. The van der Waals surface area contributed by atoms with E-state index in [0.29, 0.717) is 6.54 Å². The minimum absolute atomic E-state index is 0. The van der Waals surface area contributed by atoms with Crippen LogP contribution in [0.5, 0.6) is 0 Å². The smallest absolute Gasteiger partial charge is 0.192 e. The molecule has 0 amide bonds. The summed E-state index contributed by atoms with van der Waals surface area (Å²) in [5.74, 6) is 2.57. The molecule has 3 rings (SSSR count). The molecule has 7 heteroatoms. The van der Waals surface area contributed by atoms with Gasteiger partial charge >= 0.3 is 0 Å². The van der Waals surface area contributed by atoms with Gasteiger partial charge in [-0.3, -0.25) is 0 Å².